The monoisotopic (exact) mass is 307 g/mol. The Kier molecular flexibility index (Phi) is 5.54. The molecule has 0 spiro atoms. The van der Waals surface area contributed by atoms with Gasteiger partial charge in [-0.1, -0.05) is 0 Å². The maximum absolute atomic E-state index is 12.3. The van der Waals surface area contributed by atoms with Crippen LogP contribution >= 0.6 is 0 Å². The highest BCUT2D eigenvalue weighted by atomic mass is 16.2. The number of H-pyrrole nitrogens is 1. The molecule has 2 heterocycles. The second kappa shape index (κ2) is 7.40. The molecule has 1 aliphatic heterocycles. The van der Waals surface area contributed by atoms with Crippen LogP contribution in [0, 0.1) is 19.8 Å². The van der Waals surface area contributed by atoms with Crippen molar-refractivity contribution in [1.29, 1.82) is 0 Å². The number of carbonyl (C=O) groups is 2. The lowest BCUT2D eigenvalue weighted by Gasteiger charge is -2.30. The zero-order chi connectivity index (χ0) is 16.1. The van der Waals surface area contributed by atoms with Gasteiger partial charge in [0.1, 0.15) is 0 Å². The summed E-state index contributed by atoms with van der Waals surface area (Å²) in [6.45, 7) is 6.23. The molecule has 122 valence electrons. The van der Waals surface area contributed by atoms with Crippen molar-refractivity contribution in [2.24, 2.45) is 11.7 Å². The van der Waals surface area contributed by atoms with Crippen molar-refractivity contribution in [1.82, 2.24) is 20.4 Å². The van der Waals surface area contributed by atoms with Crippen molar-refractivity contribution in [3.63, 3.8) is 0 Å². The molecule has 1 aliphatic rings. The minimum absolute atomic E-state index is 0.0559. The number of nitrogens with two attached hydrogens (primary N) is 1. The van der Waals surface area contributed by atoms with Gasteiger partial charge in [-0.15, -0.1) is 0 Å². The Balaban J connectivity index is 1.78. The molecule has 0 radical (unpaired) electrons. The van der Waals surface area contributed by atoms with Crippen molar-refractivity contribution in [2.45, 2.75) is 33.1 Å². The maximum Gasteiger partial charge on any atom is 0.231 e. The molecule has 2 amide bonds. The standard InChI is InChI=1S/C15H25N5O2/c1-10-13(11(2)19-18-10)5-6-17-15(22)12-4-3-7-20(8-12)9-14(16)21/h12H,3-9H2,1-2H3,(H2,16,21)(H,17,22)(H,18,19)/t12-/m0/s1. The van der Waals surface area contributed by atoms with Gasteiger partial charge in [-0.05, 0) is 45.2 Å². The molecule has 1 fully saturated rings. The predicted octanol–water partition coefficient (Wildman–Crippen LogP) is -0.117. The second-order valence-electron chi connectivity index (χ2n) is 5.99. The van der Waals surface area contributed by atoms with E-state index in [1.807, 2.05) is 18.7 Å². The molecule has 1 saturated heterocycles. The highest BCUT2D eigenvalue weighted by Crippen LogP contribution is 2.16. The summed E-state index contributed by atoms with van der Waals surface area (Å²) in [6, 6.07) is 0. The van der Waals surface area contributed by atoms with E-state index in [2.05, 4.69) is 15.5 Å². The van der Waals surface area contributed by atoms with E-state index in [9.17, 15) is 9.59 Å². The van der Waals surface area contributed by atoms with Crippen LogP contribution in [0.15, 0.2) is 0 Å². The molecule has 0 bridgehead atoms. The van der Waals surface area contributed by atoms with Crippen LogP contribution in [0.1, 0.15) is 29.8 Å². The van der Waals surface area contributed by atoms with Gasteiger partial charge in [-0.2, -0.15) is 5.10 Å². The van der Waals surface area contributed by atoms with Crippen LogP contribution in [0.2, 0.25) is 0 Å². The number of carbonyl (C=O) groups excluding carboxylic acids is 2. The minimum atomic E-state index is -0.341. The second-order valence-corrected chi connectivity index (χ2v) is 5.99. The first kappa shape index (κ1) is 16.5. The molecule has 22 heavy (non-hydrogen) atoms. The summed E-state index contributed by atoms with van der Waals surface area (Å²) in [5, 5.41) is 10.1. The molecule has 0 saturated carbocycles. The summed E-state index contributed by atoms with van der Waals surface area (Å²) in [7, 11) is 0. The van der Waals surface area contributed by atoms with Gasteiger partial charge in [0, 0.05) is 18.8 Å². The van der Waals surface area contributed by atoms with E-state index in [1.165, 1.54) is 5.56 Å². The average Bonchev–Trinajstić information content (AvgIpc) is 2.78. The molecule has 2 rings (SSSR count). The van der Waals surface area contributed by atoms with Crippen molar-refractivity contribution in [3.05, 3.63) is 17.0 Å². The van der Waals surface area contributed by atoms with Crippen molar-refractivity contribution in [3.8, 4) is 0 Å². The summed E-state index contributed by atoms with van der Waals surface area (Å²) in [5.74, 6) is -0.334. The van der Waals surface area contributed by atoms with E-state index >= 15 is 0 Å². The Bertz CT molecular complexity index is 521. The van der Waals surface area contributed by atoms with Gasteiger partial charge in [0.2, 0.25) is 11.8 Å². The topological polar surface area (TPSA) is 104 Å². The zero-order valence-corrected chi connectivity index (χ0v) is 13.3. The van der Waals surface area contributed by atoms with Crippen molar-refractivity contribution < 1.29 is 9.59 Å². The number of amides is 2. The molecule has 0 aromatic carbocycles. The number of rotatable bonds is 6. The number of hydrogen-bond donors (Lipinski definition) is 3. The molecule has 4 N–H and O–H groups in total. The Morgan fingerprint density at radius 1 is 1.45 bits per heavy atom. The van der Waals surface area contributed by atoms with E-state index in [4.69, 9.17) is 5.73 Å². The Morgan fingerprint density at radius 3 is 2.86 bits per heavy atom. The summed E-state index contributed by atoms with van der Waals surface area (Å²) >= 11 is 0. The van der Waals surface area contributed by atoms with E-state index in [1.54, 1.807) is 0 Å². The molecule has 1 aromatic heterocycles. The lowest BCUT2D eigenvalue weighted by molar-refractivity contribution is -0.128. The van der Waals surface area contributed by atoms with Gasteiger partial charge in [-0.3, -0.25) is 19.6 Å². The zero-order valence-electron chi connectivity index (χ0n) is 13.3. The number of aromatic nitrogens is 2. The molecule has 1 atom stereocenters. The lowest BCUT2D eigenvalue weighted by atomic mass is 9.97. The predicted molar refractivity (Wildman–Crippen MR) is 83.1 cm³/mol. The number of piperidine rings is 1. The third-order valence-corrected chi connectivity index (χ3v) is 4.21. The quantitative estimate of drug-likeness (QED) is 0.681. The summed E-state index contributed by atoms with van der Waals surface area (Å²) in [6.07, 6.45) is 2.56. The van der Waals surface area contributed by atoms with Crippen LogP contribution in [0.25, 0.3) is 0 Å². The molecule has 7 heteroatoms. The number of nitrogens with zero attached hydrogens (tertiary/aromatic N) is 2. The van der Waals surface area contributed by atoms with Gasteiger partial charge in [0.25, 0.3) is 0 Å². The molecular formula is C15H25N5O2. The van der Waals surface area contributed by atoms with E-state index < -0.39 is 0 Å². The highest BCUT2D eigenvalue weighted by Gasteiger charge is 2.26. The van der Waals surface area contributed by atoms with Crippen LogP contribution in [-0.2, 0) is 16.0 Å². The number of hydrogen-bond acceptors (Lipinski definition) is 4. The molecule has 0 aliphatic carbocycles. The molecule has 1 aromatic rings. The Labute approximate surface area is 130 Å². The van der Waals surface area contributed by atoms with Crippen LogP contribution in [0.4, 0.5) is 0 Å². The van der Waals surface area contributed by atoms with Crippen LogP contribution in [0.3, 0.4) is 0 Å². The van der Waals surface area contributed by atoms with Crippen LogP contribution < -0.4 is 11.1 Å². The first-order chi connectivity index (χ1) is 10.5. The van der Waals surface area contributed by atoms with Gasteiger partial charge >= 0.3 is 0 Å². The smallest absolute Gasteiger partial charge is 0.231 e. The van der Waals surface area contributed by atoms with Gasteiger partial charge in [0.15, 0.2) is 0 Å². The summed E-state index contributed by atoms with van der Waals surface area (Å²) in [5.41, 5.74) is 8.42. The number of aryl methyl sites for hydroxylation is 2. The van der Waals surface area contributed by atoms with E-state index in [-0.39, 0.29) is 24.3 Å². The van der Waals surface area contributed by atoms with Crippen LogP contribution in [-0.4, -0.2) is 53.1 Å². The Hall–Kier alpha value is -1.89. The number of nitrogens with one attached hydrogen (secondary N) is 2. The van der Waals surface area contributed by atoms with Gasteiger partial charge in [0.05, 0.1) is 18.2 Å². The van der Waals surface area contributed by atoms with Crippen molar-refractivity contribution in [2.75, 3.05) is 26.2 Å². The fourth-order valence-electron chi connectivity index (χ4n) is 3.03. The maximum atomic E-state index is 12.3. The fourth-order valence-corrected chi connectivity index (χ4v) is 3.03. The largest absolute Gasteiger partial charge is 0.369 e. The fraction of sp³-hybridized carbons (Fsp3) is 0.667. The lowest BCUT2D eigenvalue weighted by Crippen LogP contribution is -2.46. The molecular weight excluding hydrogens is 282 g/mol. The normalized spacial score (nSPS) is 19.1. The first-order valence-corrected chi connectivity index (χ1v) is 7.76. The number of primary amides is 1. The Morgan fingerprint density at radius 2 is 2.23 bits per heavy atom. The number of likely N-dealkylation sites (tertiary alicyclic amines) is 1. The minimum Gasteiger partial charge on any atom is -0.369 e. The summed E-state index contributed by atoms with van der Waals surface area (Å²) < 4.78 is 0. The van der Waals surface area contributed by atoms with E-state index in [0.717, 1.165) is 37.2 Å². The SMILES string of the molecule is Cc1n[nH]c(C)c1CCNC(=O)[C@H]1CCCN(CC(N)=O)C1. The molecule has 0 unspecified atom stereocenters. The summed E-state index contributed by atoms with van der Waals surface area (Å²) in [4.78, 5) is 25.2. The third-order valence-electron chi connectivity index (χ3n) is 4.21. The van der Waals surface area contributed by atoms with Gasteiger partial charge < -0.3 is 11.1 Å². The average molecular weight is 307 g/mol. The highest BCUT2D eigenvalue weighted by molar-refractivity contribution is 5.79. The van der Waals surface area contributed by atoms with Crippen molar-refractivity contribution >= 4 is 11.8 Å². The van der Waals surface area contributed by atoms with E-state index in [0.29, 0.717) is 13.1 Å². The van der Waals surface area contributed by atoms with Gasteiger partial charge in [-0.25, -0.2) is 0 Å². The molecule has 7 nitrogen and oxygen atoms in total. The number of aromatic amines is 1. The first-order valence-electron chi connectivity index (χ1n) is 7.76. The van der Waals surface area contributed by atoms with Crippen LogP contribution in [0.5, 0.6) is 0 Å². The third kappa shape index (κ3) is 4.30.